The summed E-state index contributed by atoms with van der Waals surface area (Å²) >= 11 is 0. The summed E-state index contributed by atoms with van der Waals surface area (Å²) in [5.41, 5.74) is 1.83. The van der Waals surface area contributed by atoms with Crippen LogP contribution in [0.15, 0.2) is 47.1 Å². The first-order valence-corrected chi connectivity index (χ1v) is 10.5. The molecule has 1 aliphatic heterocycles. The molecule has 2 aromatic rings. The van der Waals surface area contributed by atoms with Crippen LogP contribution >= 0.6 is 0 Å². The highest BCUT2D eigenvalue weighted by Crippen LogP contribution is 2.17. The smallest absolute Gasteiger partial charge is 0.243 e. The third kappa shape index (κ3) is 6.96. The molecule has 8 nitrogen and oxygen atoms in total. The molecule has 8 heteroatoms. The maximum atomic E-state index is 12.5. The SMILES string of the molecule is Cc1ccc(NC(=O)CN(C)C(=O)CN2CCC(C(=O)NCc3ccco3)CC2)cc1. The van der Waals surface area contributed by atoms with Crippen molar-refractivity contribution in [2.24, 2.45) is 5.92 Å². The van der Waals surface area contributed by atoms with Gasteiger partial charge in [0, 0.05) is 18.7 Å². The summed E-state index contributed by atoms with van der Waals surface area (Å²) in [6.07, 6.45) is 2.99. The molecule has 2 heterocycles. The second kappa shape index (κ2) is 10.8. The highest BCUT2D eigenvalue weighted by molar-refractivity contribution is 5.94. The van der Waals surface area contributed by atoms with E-state index in [-0.39, 0.29) is 36.7 Å². The fraction of sp³-hybridized carbons (Fsp3) is 0.435. The topological polar surface area (TPSA) is 94.9 Å². The molecule has 1 fully saturated rings. The lowest BCUT2D eigenvalue weighted by molar-refractivity contribution is -0.135. The standard InChI is InChI=1S/C23H30N4O4/c1-17-5-7-19(8-6-17)25-21(28)15-26(2)22(29)16-27-11-9-18(10-12-27)23(30)24-14-20-4-3-13-31-20/h3-8,13,18H,9-12,14-16H2,1-2H3,(H,24,30)(H,25,28). The average Bonchev–Trinajstić information content (AvgIpc) is 3.28. The molecular weight excluding hydrogens is 396 g/mol. The number of hydrogen-bond acceptors (Lipinski definition) is 5. The lowest BCUT2D eigenvalue weighted by atomic mass is 9.96. The fourth-order valence-electron chi connectivity index (χ4n) is 3.54. The van der Waals surface area contributed by atoms with Crippen LogP contribution in [0.5, 0.6) is 0 Å². The van der Waals surface area contributed by atoms with Crippen molar-refractivity contribution in [1.82, 2.24) is 15.1 Å². The van der Waals surface area contributed by atoms with E-state index in [4.69, 9.17) is 4.42 Å². The van der Waals surface area contributed by atoms with Crippen molar-refractivity contribution in [2.75, 3.05) is 38.5 Å². The monoisotopic (exact) mass is 426 g/mol. The van der Waals surface area contributed by atoms with Crippen LogP contribution in [0.1, 0.15) is 24.2 Å². The van der Waals surface area contributed by atoms with Crippen molar-refractivity contribution in [1.29, 1.82) is 0 Å². The third-order valence-corrected chi connectivity index (χ3v) is 5.48. The molecule has 1 aliphatic rings. The molecule has 2 N–H and O–H groups in total. The number of carbonyl (C=O) groups excluding carboxylic acids is 3. The number of likely N-dealkylation sites (N-methyl/N-ethyl adjacent to an activating group) is 1. The largest absolute Gasteiger partial charge is 0.467 e. The van der Waals surface area contributed by atoms with E-state index in [9.17, 15) is 14.4 Å². The number of furan rings is 1. The molecule has 3 rings (SSSR count). The van der Waals surface area contributed by atoms with Crippen LogP contribution in [-0.4, -0.2) is 60.7 Å². The number of nitrogens with one attached hydrogen (secondary N) is 2. The van der Waals surface area contributed by atoms with Crippen molar-refractivity contribution in [3.63, 3.8) is 0 Å². The molecule has 0 bridgehead atoms. The Morgan fingerprint density at radius 1 is 1.13 bits per heavy atom. The number of aryl methyl sites for hydroxylation is 1. The van der Waals surface area contributed by atoms with Gasteiger partial charge in [0.2, 0.25) is 17.7 Å². The lowest BCUT2D eigenvalue weighted by Crippen LogP contribution is -2.46. The second-order valence-electron chi connectivity index (χ2n) is 8.01. The van der Waals surface area contributed by atoms with E-state index in [1.807, 2.05) is 42.2 Å². The Hall–Kier alpha value is -3.13. The normalized spacial score (nSPS) is 14.8. The fourth-order valence-corrected chi connectivity index (χ4v) is 3.54. The van der Waals surface area contributed by atoms with E-state index < -0.39 is 0 Å². The molecular formula is C23H30N4O4. The first-order valence-electron chi connectivity index (χ1n) is 10.5. The van der Waals surface area contributed by atoms with Gasteiger partial charge in [-0.1, -0.05) is 17.7 Å². The van der Waals surface area contributed by atoms with E-state index in [0.717, 1.165) is 11.3 Å². The number of rotatable bonds is 8. The van der Waals surface area contributed by atoms with Gasteiger partial charge in [-0.15, -0.1) is 0 Å². The van der Waals surface area contributed by atoms with Gasteiger partial charge in [0.15, 0.2) is 0 Å². The maximum absolute atomic E-state index is 12.5. The summed E-state index contributed by atoms with van der Waals surface area (Å²) in [5, 5.41) is 5.70. The highest BCUT2D eigenvalue weighted by atomic mass is 16.3. The summed E-state index contributed by atoms with van der Waals surface area (Å²) < 4.78 is 5.23. The Morgan fingerprint density at radius 3 is 2.48 bits per heavy atom. The summed E-state index contributed by atoms with van der Waals surface area (Å²) in [5.74, 6) is 0.351. The van der Waals surface area contributed by atoms with Crippen molar-refractivity contribution in [3.05, 3.63) is 54.0 Å². The van der Waals surface area contributed by atoms with Gasteiger partial charge in [-0.3, -0.25) is 19.3 Å². The number of carbonyl (C=O) groups is 3. The predicted molar refractivity (Wildman–Crippen MR) is 117 cm³/mol. The Kier molecular flexibility index (Phi) is 7.83. The number of benzene rings is 1. The van der Waals surface area contributed by atoms with E-state index in [2.05, 4.69) is 10.6 Å². The number of likely N-dealkylation sites (tertiary alicyclic amines) is 1. The van der Waals surface area contributed by atoms with Crippen LogP contribution in [0, 0.1) is 12.8 Å². The van der Waals surface area contributed by atoms with Crippen LogP contribution < -0.4 is 10.6 Å². The van der Waals surface area contributed by atoms with Gasteiger partial charge in [-0.05, 0) is 57.1 Å². The molecule has 3 amide bonds. The number of nitrogens with zero attached hydrogens (tertiary/aromatic N) is 2. The van der Waals surface area contributed by atoms with Crippen molar-refractivity contribution >= 4 is 23.4 Å². The van der Waals surface area contributed by atoms with Crippen LogP contribution in [0.2, 0.25) is 0 Å². The van der Waals surface area contributed by atoms with E-state index in [0.29, 0.717) is 38.2 Å². The van der Waals surface area contributed by atoms with Crippen LogP contribution in [0.25, 0.3) is 0 Å². The second-order valence-corrected chi connectivity index (χ2v) is 8.01. The van der Waals surface area contributed by atoms with E-state index in [1.54, 1.807) is 19.4 Å². The van der Waals surface area contributed by atoms with Crippen LogP contribution in [-0.2, 0) is 20.9 Å². The zero-order chi connectivity index (χ0) is 22.2. The van der Waals surface area contributed by atoms with Crippen LogP contribution in [0.4, 0.5) is 5.69 Å². The Labute approximate surface area is 182 Å². The lowest BCUT2D eigenvalue weighted by Gasteiger charge is -2.31. The Bertz CT molecular complexity index is 871. The zero-order valence-electron chi connectivity index (χ0n) is 18.1. The molecule has 0 saturated carbocycles. The van der Waals surface area contributed by atoms with Gasteiger partial charge < -0.3 is 20.0 Å². The molecule has 1 aromatic carbocycles. The molecule has 0 spiro atoms. The minimum atomic E-state index is -0.230. The molecule has 166 valence electrons. The minimum Gasteiger partial charge on any atom is -0.467 e. The molecule has 1 aromatic heterocycles. The zero-order valence-corrected chi connectivity index (χ0v) is 18.1. The molecule has 0 atom stereocenters. The molecule has 0 unspecified atom stereocenters. The first kappa shape index (κ1) is 22.6. The number of hydrogen-bond donors (Lipinski definition) is 2. The van der Waals surface area contributed by atoms with E-state index in [1.165, 1.54) is 4.90 Å². The summed E-state index contributed by atoms with van der Waals surface area (Å²) in [4.78, 5) is 40.5. The summed E-state index contributed by atoms with van der Waals surface area (Å²) in [6.45, 7) is 3.96. The quantitative estimate of drug-likeness (QED) is 0.673. The maximum Gasteiger partial charge on any atom is 0.243 e. The minimum absolute atomic E-state index is 0.00163. The highest BCUT2D eigenvalue weighted by Gasteiger charge is 2.26. The van der Waals surface area contributed by atoms with Gasteiger partial charge >= 0.3 is 0 Å². The molecule has 0 aliphatic carbocycles. The number of piperidine rings is 1. The first-order chi connectivity index (χ1) is 14.9. The van der Waals surface area contributed by atoms with Gasteiger partial charge in [0.25, 0.3) is 0 Å². The number of amides is 3. The van der Waals surface area contributed by atoms with Crippen molar-refractivity contribution in [3.8, 4) is 0 Å². The molecule has 31 heavy (non-hydrogen) atoms. The predicted octanol–water partition coefficient (Wildman–Crippen LogP) is 2.01. The van der Waals surface area contributed by atoms with Crippen LogP contribution in [0.3, 0.4) is 0 Å². The summed E-state index contributed by atoms with van der Waals surface area (Å²) in [7, 11) is 1.63. The van der Waals surface area contributed by atoms with E-state index >= 15 is 0 Å². The van der Waals surface area contributed by atoms with Gasteiger partial charge in [0.1, 0.15) is 5.76 Å². The van der Waals surface area contributed by atoms with Crippen molar-refractivity contribution < 1.29 is 18.8 Å². The molecule has 0 radical (unpaired) electrons. The van der Waals surface area contributed by atoms with Gasteiger partial charge in [-0.25, -0.2) is 0 Å². The Balaban J connectivity index is 1.36. The van der Waals surface area contributed by atoms with Crippen molar-refractivity contribution in [2.45, 2.75) is 26.3 Å². The van der Waals surface area contributed by atoms with Gasteiger partial charge in [-0.2, -0.15) is 0 Å². The summed E-state index contributed by atoms with van der Waals surface area (Å²) in [6, 6.07) is 11.1. The third-order valence-electron chi connectivity index (χ3n) is 5.48. The average molecular weight is 427 g/mol. The number of anilines is 1. The molecule has 1 saturated heterocycles. The Morgan fingerprint density at radius 2 is 1.84 bits per heavy atom. The van der Waals surface area contributed by atoms with Gasteiger partial charge in [0.05, 0.1) is 25.9 Å².